The number of halogens is 7. The van der Waals surface area contributed by atoms with Gasteiger partial charge in [0.1, 0.15) is 0 Å². The molecular formula is C12H12ClF6N. The van der Waals surface area contributed by atoms with Gasteiger partial charge in [-0.15, -0.1) is 0 Å². The molecule has 0 saturated carbocycles. The van der Waals surface area contributed by atoms with Crippen LogP contribution in [-0.4, -0.2) is 18.4 Å². The zero-order valence-corrected chi connectivity index (χ0v) is 11.1. The Bertz CT molecular complexity index is 454. The van der Waals surface area contributed by atoms with Crippen LogP contribution in [0.2, 0.25) is 5.02 Å². The summed E-state index contributed by atoms with van der Waals surface area (Å²) >= 11 is 5.79. The molecule has 0 aliphatic rings. The Morgan fingerprint density at radius 1 is 1.10 bits per heavy atom. The molecule has 1 unspecified atom stereocenters. The van der Waals surface area contributed by atoms with Crippen molar-refractivity contribution in [3.63, 3.8) is 0 Å². The van der Waals surface area contributed by atoms with Crippen molar-refractivity contribution in [2.45, 2.75) is 31.7 Å². The van der Waals surface area contributed by atoms with E-state index in [0.29, 0.717) is 0 Å². The molecule has 0 radical (unpaired) electrons. The minimum Gasteiger partial charge on any atom is -0.327 e. The van der Waals surface area contributed by atoms with Crippen LogP contribution in [0.5, 0.6) is 0 Å². The molecule has 1 nitrogen and oxygen atoms in total. The summed E-state index contributed by atoms with van der Waals surface area (Å²) in [6.45, 7) is 1.70. The van der Waals surface area contributed by atoms with Gasteiger partial charge in [-0.1, -0.05) is 23.7 Å². The number of aryl methyl sites for hydroxylation is 1. The molecule has 0 aliphatic carbocycles. The highest BCUT2D eigenvalue weighted by Gasteiger charge is 2.59. The first-order valence-electron chi connectivity index (χ1n) is 5.57. The molecule has 114 valence electrons. The summed E-state index contributed by atoms with van der Waals surface area (Å²) < 4.78 is 75.0. The molecule has 0 aromatic heterocycles. The Morgan fingerprint density at radius 2 is 1.60 bits per heavy atom. The first-order valence-corrected chi connectivity index (χ1v) is 5.94. The van der Waals surface area contributed by atoms with E-state index in [-0.39, 0.29) is 10.6 Å². The Hall–Kier alpha value is -0.950. The van der Waals surface area contributed by atoms with E-state index in [2.05, 4.69) is 0 Å². The summed E-state index contributed by atoms with van der Waals surface area (Å²) in [5.41, 5.74) is 6.03. The van der Waals surface area contributed by atoms with E-state index in [4.69, 9.17) is 17.3 Å². The van der Waals surface area contributed by atoms with Gasteiger partial charge in [0.2, 0.25) is 0 Å². The van der Waals surface area contributed by atoms with Gasteiger partial charge in [-0.25, -0.2) is 0 Å². The fraction of sp³-hybridized carbons (Fsp3) is 0.500. The maximum Gasteiger partial charge on any atom is 0.402 e. The van der Waals surface area contributed by atoms with Gasteiger partial charge >= 0.3 is 12.4 Å². The lowest BCUT2D eigenvalue weighted by atomic mass is 9.92. The van der Waals surface area contributed by atoms with E-state index in [1.165, 1.54) is 12.1 Å². The average molecular weight is 320 g/mol. The molecule has 8 heteroatoms. The predicted molar refractivity (Wildman–Crippen MR) is 63.5 cm³/mol. The quantitative estimate of drug-likeness (QED) is 0.828. The average Bonchev–Trinajstić information content (AvgIpc) is 2.17. The molecule has 0 amide bonds. The number of hydrogen-bond acceptors (Lipinski definition) is 1. The van der Waals surface area contributed by atoms with Gasteiger partial charge in [0.15, 0.2) is 5.92 Å². The maximum absolute atomic E-state index is 12.5. The molecular weight excluding hydrogens is 308 g/mol. The molecule has 1 aromatic rings. The largest absolute Gasteiger partial charge is 0.402 e. The van der Waals surface area contributed by atoms with Gasteiger partial charge in [0, 0.05) is 11.1 Å². The van der Waals surface area contributed by atoms with Crippen molar-refractivity contribution in [2.75, 3.05) is 0 Å². The van der Waals surface area contributed by atoms with Crippen molar-refractivity contribution in [3.05, 3.63) is 34.3 Å². The Kier molecular flexibility index (Phi) is 4.97. The third kappa shape index (κ3) is 4.28. The topological polar surface area (TPSA) is 26.0 Å². The third-order valence-corrected chi connectivity index (χ3v) is 3.15. The minimum absolute atomic E-state index is 0.101. The lowest BCUT2D eigenvalue weighted by Crippen LogP contribution is -2.49. The molecule has 0 bridgehead atoms. The predicted octanol–water partition coefficient (Wildman–Crippen LogP) is 4.26. The second-order valence-electron chi connectivity index (χ2n) is 4.52. The normalized spacial score (nSPS) is 14.7. The number of rotatable bonds is 3. The van der Waals surface area contributed by atoms with Crippen LogP contribution in [-0.2, 0) is 6.42 Å². The lowest BCUT2D eigenvalue weighted by molar-refractivity contribution is -0.289. The summed E-state index contributed by atoms with van der Waals surface area (Å²) in [4.78, 5) is 0. The molecule has 1 rings (SSSR count). The van der Waals surface area contributed by atoms with Gasteiger partial charge < -0.3 is 5.73 Å². The molecule has 20 heavy (non-hydrogen) atoms. The molecule has 0 saturated heterocycles. The zero-order chi connectivity index (χ0) is 15.7. The molecule has 1 aromatic carbocycles. The highest BCUT2D eigenvalue weighted by atomic mass is 35.5. The molecule has 0 spiro atoms. The van der Waals surface area contributed by atoms with Crippen LogP contribution in [0.4, 0.5) is 26.3 Å². The molecule has 0 heterocycles. The Morgan fingerprint density at radius 3 is 2.00 bits per heavy atom. The van der Waals surface area contributed by atoms with Crippen LogP contribution in [0, 0.1) is 12.8 Å². The smallest absolute Gasteiger partial charge is 0.327 e. The SMILES string of the molecule is Cc1ccc(CC(N)C(C(F)(F)F)C(F)(F)F)c(Cl)c1. The second-order valence-corrected chi connectivity index (χ2v) is 4.93. The number of alkyl halides is 6. The van der Waals surface area contributed by atoms with Crippen LogP contribution in [0.1, 0.15) is 11.1 Å². The maximum atomic E-state index is 12.5. The van der Waals surface area contributed by atoms with E-state index < -0.39 is 30.7 Å². The van der Waals surface area contributed by atoms with Crippen LogP contribution in [0.25, 0.3) is 0 Å². The van der Waals surface area contributed by atoms with Crippen LogP contribution in [0.3, 0.4) is 0 Å². The number of hydrogen-bond donors (Lipinski definition) is 1. The van der Waals surface area contributed by atoms with E-state index >= 15 is 0 Å². The standard InChI is InChI=1S/C12H12ClF6N/c1-6-2-3-7(8(13)4-6)5-9(20)10(11(14,15)16)12(17,18)19/h2-4,9-10H,5,20H2,1H3. The van der Waals surface area contributed by atoms with Crippen molar-refractivity contribution in [1.29, 1.82) is 0 Å². The highest BCUT2D eigenvalue weighted by molar-refractivity contribution is 6.31. The van der Waals surface area contributed by atoms with E-state index in [1.54, 1.807) is 13.0 Å². The molecule has 1 atom stereocenters. The fourth-order valence-electron chi connectivity index (χ4n) is 1.86. The molecule has 0 fully saturated rings. The number of benzene rings is 1. The van der Waals surface area contributed by atoms with E-state index in [0.717, 1.165) is 5.56 Å². The van der Waals surface area contributed by atoms with E-state index in [1.807, 2.05) is 0 Å². The minimum atomic E-state index is -5.45. The van der Waals surface area contributed by atoms with Crippen molar-refractivity contribution in [2.24, 2.45) is 11.7 Å². The summed E-state index contributed by atoms with van der Waals surface area (Å²) in [5.74, 6) is -3.58. The van der Waals surface area contributed by atoms with Gasteiger partial charge in [-0.3, -0.25) is 0 Å². The summed E-state index contributed by atoms with van der Waals surface area (Å²) in [5, 5.41) is 0.101. The lowest BCUT2D eigenvalue weighted by Gasteiger charge is -2.28. The van der Waals surface area contributed by atoms with Crippen molar-refractivity contribution < 1.29 is 26.3 Å². The summed E-state index contributed by atoms with van der Waals surface area (Å²) in [6, 6.07) is 2.24. The van der Waals surface area contributed by atoms with Gasteiger partial charge in [0.25, 0.3) is 0 Å². The summed E-state index contributed by atoms with van der Waals surface area (Å²) in [7, 11) is 0. The Balaban J connectivity index is 3.00. The summed E-state index contributed by atoms with van der Waals surface area (Å²) in [6.07, 6.45) is -11.5. The third-order valence-electron chi connectivity index (χ3n) is 2.80. The van der Waals surface area contributed by atoms with Crippen molar-refractivity contribution in [3.8, 4) is 0 Å². The first-order chi connectivity index (χ1) is 8.93. The monoisotopic (exact) mass is 319 g/mol. The van der Waals surface area contributed by atoms with Gasteiger partial charge in [-0.2, -0.15) is 26.3 Å². The van der Waals surface area contributed by atoms with Gasteiger partial charge in [-0.05, 0) is 30.5 Å². The molecule has 2 N–H and O–H groups in total. The van der Waals surface area contributed by atoms with Crippen molar-refractivity contribution >= 4 is 11.6 Å². The highest BCUT2D eigenvalue weighted by Crippen LogP contribution is 2.41. The van der Waals surface area contributed by atoms with Crippen LogP contribution >= 0.6 is 11.6 Å². The van der Waals surface area contributed by atoms with Gasteiger partial charge in [0.05, 0.1) is 0 Å². The van der Waals surface area contributed by atoms with Crippen molar-refractivity contribution in [1.82, 2.24) is 0 Å². The zero-order valence-electron chi connectivity index (χ0n) is 10.3. The number of nitrogens with two attached hydrogens (primary N) is 1. The fourth-order valence-corrected chi connectivity index (χ4v) is 2.17. The second kappa shape index (κ2) is 5.81. The first kappa shape index (κ1) is 17.1. The van der Waals surface area contributed by atoms with E-state index in [9.17, 15) is 26.3 Å². The Labute approximate surface area is 116 Å². The van der Waals surface area contributed by atoms with Crippen LogP contribution < -0.4 is 5.73 Å². The molecule has 0 aliphatic heterocycles. The van der Waals surface area contributed by atoms with Crippen LogP contribution in [0.15, 0.2) is 18.2 Å².